The summed E-state index contributed by atoms with van der Waals surface area (Å²) in [5.41, 5.74) is 0. The van der Waals surface area contributed by atoms with Gasteiger partial charge in [-0.05, 0) is 12.8 Å². The maximum absolute atomic E-state index is 10.0. The van der Waals surface area contributed by atoms with E-state index in [1.54, 1.807) is 12.2 Å². The summed E-state index contributed by atoms with van der Waals surface area (Å²) < 4.78 is 0. The van der Waals surface area contributed by atoms with Gasteiger partial charge in [-0.25, -0.2) is 0 Å². The van der Waals surface area contributed by atoms with E-state index in [-0.39, 0.29) is 50.6 Å². The summed E-state index contributed by atoms with van der Waals surface area (Å²) in [4.78, 5) is 20.0. The second-order valence-electron chi connectivity index (χ2n) is 4.68. The zero-order chi connectivity index (χ0) is 17.4. The topological polar surface area (TPSA) is 80.3 Å². The van der Waals surface area contributed by atoms with Crippen LogP contribution in [-0.4, -0.2) is 49.7 Å². The third-order valence-electron chi connectivity index (χ3n) is 2.47. The molecule has 7 heteroatoms. The molecule has 23 heavy (non-hydrogen) atoms. The van der Waals surface area contributed by atoms with Crippen LogP contribution in [0.1, 0.15) is 65.2 Å². The van der Waals surface area contributed by atoms with E-state index >= 15 is 0 Å². The molecule has 0 aliphatic carbocycles. The Morgan fingerprint density at radius 3 is 1.35 bits per heavy atom. The Morgan fingerprint density at radius 1 is 0.826 bits per heavy atom. The number of aliphatic carboxylic acids is 2. The van der Waals surface area contributed by atoms with Gasteiger partial charge in [0.1, 0.15) is 0 Å². The molecule has 0 N–H and O–H groups in total. The average molecular weight is 391 g/mol. The van der Waals surface area contributed by atoms with E-state index in [4.69, 9.17) is 23.2 Å². The summed E-state index contributed by atoms with van der Waals surface area (Å²) in [6, 6.07) is 0. The number of carboxylic acids is 2. The van der Waals surface area contributed by atoms with Crippen LogP contribution in [0.4, 0.5) is 0 Å². The van der Waals surface area contributed by atoms with Crippen molar-refractivity contribution in [3.05, 3.63) is 22.2 Å². The van der Waals surface area contributed by atoms with Crippen molar-refractivity contribution in [3.63, 3.8) is 0 Å². The monoisotopic (exact) mass is 390 g/mol. The zero-order valence-electron chi connectivity index (χ0n) is 13.9. The van der Waals surface area contributed by atoms with Crippen molar-refractivity contribution in [1.82, 2.24) is 0 Å². The van der Waals surface area contributed by atoms with Gasteiger partial charge in [0, 0.05) is 34.8 Å². The van der Waals surface area contributed by atoms with Crippen LogP contribution in [0, 0.1) is 0 Å². The van der Waals surface area contributed by atoms with E-state index < -0.39 is 11.9 Å². The summed E-state index contributed by atoms with van der Waals surface area (Å²) in [7, 11) is 0. The van der Waals surface area contributed by atoms with Crippen molar-refractivity contribution in [1.29, 1.82) is 0 Å². The van der Waals surface area contributed by atoms with Crippen molar-refractivity contribution in [2.75, 3.05) is 0 Å². The van der Waals surface area contributed by atoms with Gasteiger partial charge in [0.15, 0.2) is 0 Å². The molecule has 0 aromatic rings. The van der Waals surface area contributed by atoms with E-state index in [2.05, 4.69) is 13.8 Å². The number of carbonyl (C=O) groups is 2. The van der Waals surface area contributed by atoms with Crippen LogP contribution >= 0.6 is 23.2 Å². The van der Waals surface area contributed by atoms with Gasteiger partial charge in [0.2, 0.25) is 0 Å². The average Bonchev–Trinajstić information content (AvgIpc) is 2.38. The van der Waals surface area contributed by atoms with Crippen LogP contribution in [0.2, 0.25) is 0 Å². The number of allylic oxidation sites excluding steroid dienone is 2. The first-order valence-corrected chi connectivity index (χ1v) is 8.17. The standard InChI is InChI=1S/2C8H13ClO2.Ca/c2*1-2-3-4-5-7(9)6-8(10)11;/h2*5H,2-4,6H2,1H3,(H,10,11);/q;;+2/p-2/b2*7-5-;. The Bertz CT molecular complexity index is 346. The van der Waals surface area contributed by atoms with Crippen LogP contribution in [0.15, 0.2) is 22.2 Å². The van der Waals surface area contributed by atoms with Gasteiger partial charge in [-0.3, -0.25) is 0 Å². The van der Waals surface area contributed by atoms with Crippen LogP contribution < -0.4 is 10.2 Å². The van der Waals surface area contributed by atoms with Gasteiger partial charge in [0.25, 0.3) is 0 Å². The number of hydrogen-bond donors (Lipinski definition) is 0. The minimum absolute atomic E-state index is 0. The largest absolute Gasteiger partial charge is 2.00 e. The molecule has 0 saturated carbocycles. The number of carboxylic acid groups (broad SMARTS) is 2. The summed E-state index contributed by atoms with van der Waals surface area (Å²) in [5.74, 6) is -2.24. The van der Waals surface area contributed by atoms with Crippen molar-refractivity contribution < 1.29 is 19.8 Å². The van der Waals surface area contributed by atoms with E-state index in [0.717, 1.165) is 38.5 Å². The van der Waals surface area contributed by atoms with Crippen molar-refractivity contribution in [2.45, 2.75) is 65.2 Å². The first-order chi connectivity index (χ1) is 10.3. The van der Waals surface area contributed by atoms with Gasteiger partial charge in [-0.15, -0.1) is 0 Å². The van der Waals surface area contributed by atoms with Gasteiger partial charge in [0.05, 0.1) is 0 Å². The predicted octanol–water partition coefficient (Wildman–Crippen LogP) is 2.50. The predicted molar refractivity (Wildman–Crippen MR) is 91.9 cm³/mol. The molecule has 0 unspecified atom stereocenters. The van der Waals surface area contributed by atoms with Gasteiger partial charge in [-0.1, -0.05) is 74.9 Å². The van der Waals surface area contributed by atoms with E-state index in [1.807, 2.05) is 0 Å². The van der Waals surface area contributed by atoms with Gasteiger partial charge >= 0.3 is 37.7 Å². The smallest absolute Gasteiger partial charge is 0.550 e. The zero-order valence-corrected chi connectivity index (χ0v) is 17.6. The number of rotatable bonds is 10. The van der Waals surface area contributed by atoms with Gasteiger partial charge in [-0.2, -0.15) is 0 Å². The Morgan fingerprint density at radius 2 is 1.13 bits per heavy atom. The summed E-state index contributed by atoms with van der Waals surface area (Å²) in [6.45, 7) is 4.14. The number of halogens is 2. The SMILES string of the molecule is CCCC/C=C(\Cl)CC(=O)[O-].CCCC/C=C(\Cl)CC(=O)[O-].[Ca+2]. The van der Waals surface area contributed by atoms with E-state index in [0.29, 0.717) is 10.1 Å². The fourth-order valence-corrected chi connectivity index (χ4v) is 1.78. The summed E-state index contributed by atoms with van der Waals surface area (Å²) in [5, 5.41) is 20.8. The molecule has 0 atom stereocenters. The molecule has 0 radical (unpaired) electrons. The minimum atomic E-state index is -1.12. The number of hydrogen-bond acceptors (Lipinski definition) is 4. The molecule has 0 fully saturated rings. The molecule has 0 saturated heterocycles. The van der Waals surface area contributed by atoms with Crippen molar-refractivity contribution in [2.24, 2.45) is 0 Å². The molecule has 128 valence electrons. The van der Waals surface area contributed by atoms with Crippen molar-refractivity contribution >= 4 is 72.9 Å². The first kappa shape index (κ1) is 28.1. The Kier molecular flexibility index (Phi) is 24.8. The molecule has 4 nitrogen and oxygen atoms in total. The molecule has 0 aliphatic heterocycles. The third kappa shape index (κ3) is 27.4. The fourth-order valence-electron chi connectivity index (χ4n) is 1.35. The van der Waals surface area contributed by atoms with Crippen LogP contribution in [0.5, 0.6) is 0 Å². The normalized spacial score (nSPS) is 11.1. The van der Waals surface area contributed by atoms with Gasteiger partial charge < -0.3 is 19.8 Å². The second-order valence-corrected chi connectivity index (χ2v) is 5.65. The minimum Gasteiger partial charge on any atom is -0.550 e. The molecule has 0 aliphatic rings. The maximum atomic E-state index is 10.0. The molecule has 0 aromatic heterocycles. The molecular formula is C16H24CaCl2O4. The second kappa shape index (κ2) is 20.3. The number of unbranched alkanes of at least 4 members (excludes halogenated alkanes) is 4. The fraction of sp³-hybridized carbons (Fsp3) is 0.625. The molecular weight excluding hydrogens is 367 g/mol. The first-order valence-electron chi connectivity index (χ1n) is 7.42. The molecule has 0 spiro atoms. The molecule has 0 amide bonds. The quantitative estimate of drug-likeness (QED) is 0.423. The Labute approximate surface area is 178 Å². The Balaban J connectivity index is -0.000000333. The molecule has 0 heterocycles. The molecule has 0 rings (SSSR count). The molecule has 0 bridgehead atoms. The van der Waals surface area contributed by atoms with Crippen molar-refractivity contribution in [3.8, 4) is 0 Å². The number of carbonyl (C=O) groups excluding carboxylic acids is 2. The Hall–Kier alpha value is 0.260. The third-order valence-corrected chi connectivity index (χ3v) is 3.05. The van der Waals surface area contributed by atoms with Crippen LogP contribution in [0.3, 0.4) is 0 Å². The maximum Gasteiger partial charge on any atom is 2.00 e. The van der Waals surface area contributed by atoms with Crippen LogP contribution in [-0.2, 0) is 9.59 Å². The van der Waals surface area contributed by atoms with Crippen LogP contribution in [0.25, 0.3) is 0 Å². The summed E-state index contributed by atoms with van der Waals surface area (Å²) >= 11 is 11.1. The molecule has 0 aromatic carbocycles. The van der Waals surface area contributed by atoms with E-state index in [9.17, 15) is 19.8 Å². The summed E-state index contributed by atoms with van der Waals surface area (Å²) in [6.07, 6.45) is 9.12. The van der Waals surface area contributed by atoms with E-state index in [1.165, 1.54) is 0 Å².